The molecule has 0 unspecified atom stereocenters. The number of aliphatic hydroxyl groups is 1. The van der Waals surface area contributed by atoms with Crippen molar-refractivity contribution < 1.29 is 5.11 Å². The maximum atomic E-state index is 9.11. The van der Waals surface area contributed by atoms with Crippen LogP contribution >= 0.6 is 11.3 Å². The van der Waals surface area contributed by atoms with E-state index >= 15 is 0 Å². The Kier molecular flexibility index (Phi) is 4.87. The van der Waals surface area contributed by atoms with Crippen LogP contribution in [0.2, 0.25) is 0 Å². The fraction of sp³-hybridized carbons (Fsp3) is 0.357. The maximum absolute atomic E-state index is 9.11. The molecule has 0 radical (unpaired) electrons. The van der Waals surface area contributed by atoms with Gasteiger partial charge in [-0.25, -0.2) is 4.98 Å². The molecule has 1 aromatic carbocycles. The van der Waals surface area contributed by atoms with Crippen molar-refractivity contribution in [1.29, 1.82) is 0 Å². The highest BCUT2D eigenvalue weighted by molar-refractivity contribution is 7.09. The third-order valence-electron chi connectivity index (χ3n) is 2.88. The lowest BCUT2D eigenvalue weighted by molar-refractivity contribution is 0.238. The zero-order valence-corrected chi connectivity index (χ0v) is 11.3. The van der Waals surface area contributed by atoms with Gasteiger partial charge in [-0.3, -0.25) is 0 Å². The van der Waals surface area contributed by atoms with E-state index in [0.29, 0.717) is 0 Å². The third kappa shape index (κ3) is 3.38. The van der Waals surface area contributed by atoms with Gasteiger partial charge < -0.3 is 10.4 Å². The molecule has 0 amide bonds. The number of aliphatic hydroxyl groups excluding tert-OH is 1. The van der Waals surface area contributed by atoms with Crippen molar-refractivity contribution in [2.75, 3.05) is 6.61 Å². The molecule has 0 spiro atoms. The first-order chi connectivity index (χ1) is 8.83. The van der Waals surface area contributed by atoms with Gasteiger partial charge in [-0.15, -0.1) is 11.3 Å². The summed E-state index contributed by atoms with van der Waals surface area (Å²) in [6.45, 7) is 2.95. The van der Waals surface area contributed by atoms with E-state index in [2.05, 4.69) is 34.7 Å². The summed E-state index contributed by atoms with van der Waals surface area (Å²) in [7, 11) is 0. The molecule has 0 aliphatic carbocycles. The van der Waals surface area contributed by atoms with Crippen LogP contribution in [0.3, 0.4) is 0 Å². The minimum absolute atomic E-state index is 0.161. The minimum Gasteiger partial charge on any atom is -0.395 e. The van der Waals surface area contributed by atoms with Gasteiger partial charge in [0.05, 0.1) is 12.3 Å². The Morgan fingerprint density at radius 1 is 1.33 bits per heavy atom. The second kappa shape index (κ2) is 6.64. The van der Waals surface area contributed by atoms with E-state index in [0.717, 1.165) is 29.2 Å². The predicted octanol–water partition coefficient (Wildman–Crippen LogP) is 2.67. The molecule has 96 valence electrons. The Hall–Kier alpha value is -1.23. The van der Waals surface area contributed by atoms with Crippen LogP contribution in [0, 0.1) is 0 Å². The summed E-state index contributed by atoms with van der Waals surface area (Å²) in [5, 5.41) is 15.5. The van der Waals surface area contributed by atoms with Crippen LogP contribution in [0.25, 0.3) is 11.3 Å². The van der Waals surface area contributed by atoms with Crippen LogP contribution in [-0.2, 0) is 6.54 Å². The van der Waals surface area contributed by atoms with Crippen molar-refractivity contribution in [3.8, 4) is 11.3 Å². The average Bonchev–Trinajstić information content (AvgIpc) is 2.90. The van der Waals surface area contributed by atoms with Crippen molar-refractivity contribution in [3.63, 3.8) is 0 Å². The van der Waals surface area contributed by atoms with Gasteiger partial charge in [0.25, 0.3) is 0 Å². The summed E-state index contributed by atoms with van der Waals surface area (Å²) >= 11 is 1.65. The van der Waals surface area contributed by atoms with Crippen molar-refractivity contribution in [3.05, 3.63) is 40.7 Å². The highest BCUT2D eigenvalue weighted by Crippen LogP contribution is 2.21. The molecule has 2 N–H and O–H groups in total. The lowest BCUT2D eigenvalue weighted by Gasteiger charge is -2.12. The van der Waals surface area contributed by atoms with Gasteiger partial charge in [0.15, 0.2) is 0 Å². The van der Waals surface area contributed by atoms with Gasteiger partial charge in [0, 0.05) is 23.5 Å². The molecular weight excluding hydrogens is 244 g/mol. The van der Waals surface area contributed by atoms with E-state index in [1.807, 2.05) is 18.2 Å². The van der Waals surface area contributed by atoms with Gasteiger partial charge in [-0.05, 0) is 6.42 Å². The highest BCUT2D eigenvalue weighted by atomic mass is 32.1. The minimum atomic E-state index is 0.161. The number of nitrogens with one attached hydrogen (secondary N) is 1. The molecule has 0 saturated carbocycles. The van der Waals surface area contributed by atoms with Crippen LogP contribution in [0.5, 0.6) is 0 Å². The van der Waals surface area contributed by atoms with Gasteiger partial charge in [0.1, 0.15) is 5.01 Å². The van der Waals surface area contributed by atoms with Crippen molar-refractivity contribution >= 4 is 11.3 Å². The Labute approximate surface area is 112 Å². The Morgan fingerprint density at radius 2 is 2.11 bits per heavy atom. The van der Waals surface area contributed by atoms with Crippen molar-refractivity contribution in [2.45, 2.75) is 25.9 Å². The first-order valence-electron chi connectivity index (χ1n) is 6.17. The zero-order valence-electron chi connectivity index (χ0n) is 10.5. The number of benzene rings is 1. The molecule has 0 bridgehead atoms. The Bertz CT molecular complexity index is 466. The largest absolute Gasteiger partial charge is 0.395 e. The number of hydrogen-bond donors (Lipinski definition) is 2. The second-order valence-corrected chi connectivity index (χ2v) is 5.10. The fourth-order valence-electron chi connectivity index (χ4n) is 1.70. The third-order valence-corrected chi connectivity index (χ3v) is 3.73. The van der Waals surface area contributed by atoms with Gasteiger partial charge >= 0.3 is 0 Å². The van der Waals surface area contributed by atoms with Crippen molar-refractivity contribution in [1.82, 2.24) is 10.3 Å². The summed E-state index contributed by atoms with van der Waals surface area (Å²) in [6.07, 6.45) is 0.924. The van der Waals surface area contributed by atoms with Crippen LogP contribution in [0.15, 0.2) is 35.7 Å². The smallest absolute Gasteiger partial charge is 0.107 e. The van der Waals surface area contributed by atoms with E-state index in [-0.39, 0.29) is 12.6 Å². The van der Waals surface area contributed by atoms with Gasteiger partial charge in [-0.2, -0.15) is 0 Å². The normalized spacial score (nSPS) is 12.6. The fourth-order valence-corrected chi connectivity index (χ4v) is 2.46. The Morgan fingerprint density at radius 3 is 2.78 bits per heavy atom. The van der Waals surface area contributed by atoms with Crippen LogP contribution < -0.4 is 5.32 Å². The number of thiazole rings is 1. The average molecular weight is 262 g/mol. The molecule has 1 atom stereocenters. The first-order valence-corrected chi connectivity index (χ1v) is 7.05. The summed E-state index contributed by atoms with van der Waals surface area (Å²) < 4.78 is 0. The molecule has 18 heavy (non-hydrogen) atoms. The molecule has 0 aliphatic heterocycles. The van der Waals surface area contributed by atoms with Crippen molar-refractivity contribution in [2.24, 2.45) is 0 Å². The topological polar surface area (TPSA) is 45.1 Å². The molecule has 3 nitrogen and oxygen atoms in total. The lowest BCUT2D eigenvalue weighted by Crippen LogP contribution is -2.31. The van der Waals surface area contributed by atoms with Gasteiger partial charge in [-0.1, -0.05) is 37.3 Å². The standard InChI is InChI=1S/C14H18N2OS/c1-2-12(9-17)15-8-14-16-13(10-18-14)11-6-4-3-5-7-11/h3-7,10,12,15,17H,2,8-9H2,1H3/t12-/m0/s1. The van der Waals surface area contributed by atoms with Crippen LogP contribution in [0.1, 0.15) is 18.4 Å². The summed E-state index contributed by atoms with van der Waals surface area (Å²) in [5.74, 6) is 0. The van der Waals surface area contributed by atoms with Crippen LogP contribution in [0.4, 0.5) is 0 Å². The molecule has 2 rings (SSSR count). The van der Waals surface area contributed by atoms with E-state index in [1.165, 1.54) is 0 Å². The molecule has 1 aromatic heterocycles. The number of nitrogens with zero attached hydrogens (tertiary/aromatic N) is 1. The molecule has 0 aliphatic rings. The summed E-state index contributed by atoms with van der Waals surface area (Å²) in [5.41, 5.74) is 2.17. The number of aromatic nitrogens is 1. The first kappa shape index (κ1) is 13.2. The zero-order chi connectivity index (χ0) is 12.8. The predicted molar refractivity (Wildman–Crippen MR) is 75.6 cm³/mol. The maximum Gasteiger partial charge on any atom is 0.107 e. The monoisotopic (exact) mass is 262 g/mol. The number of rotatable bonds is 6. The SMILES string of the molecule is CC[C@@H](CO)NCc1nc(-c2ccccc2)cs1. The van der Waals surface area contributed by atoms with Gasteiger partial charge in [0.2, 0.25) is 0 Å². The Balaban J connectivity index is 1.98. The van der Waals surface area contributed by atoms with E-state index in [1.54, 1.807) is 11.3 Å². The van der Waals surface area contributed by atoms with E-state index < -0.39 is 0 Å². The molecule has 0 saturated heterocycles. The molecule has 4 heteroatoms. The quantitative estimate of drug-likeness (QED) is 0.841. The van der Waals surface area contributed by atoms with E-state index in [4.69, 9.17) is 5.11 Å². The lowest BCUT2D eigenvalue weighted by atomic mass is 10.2. The molecule has 0 fully saturated rings. The molecule has 2 aromatic rings. The second-order valence-electron chi connectivity index (χ2n) is 4.16. The van der Waals surface area contributed by atoms with Crippen LogP contribution in [-0.4, -0.2) is 22.7 Å². The molecule has 1 heterocycles. The summed E-state index contributed by atoms with van der Waals surface area (Å²) in [6, 6.07) is 10.3. The highest BCUT2D eigenvalue weighted by Gasteiger charge is 2.07. The summed E-state index contributed by atoms with van der Waals surface area (Å²) in [4.78, 5) is 4.60. The van der Waals surface area contributed by atoms with E-state index in [9.17, 15) is 0 Å². The molecular formula is C14H18N2OS. The number of hydrogen-bond acceptors (Lipinski definition) is 4.